The monoisotopic (exact) mass is 344 g/mol. The molecular formula is C19H14F2O4. The van der Waals surface area contributed by atoms with E-state index in [1.807, 2.05) is 0 Å². The van der Waals surface area contributed by atoms with Gasteiger partial charge >= 0.3 is 11.9 Å². The van der Waals surface area contributed by atoms with Gasteiger partial charge in [0.15, 0.2) is 23.1 Å². The highest BCUT2D eigenvalue weighted by atomic mass is 19.1. The third-order valence-corrected chi connectivity index (χ3v) is 3.13. The Morgan fingerprint density at radius 2 is 1.44 bits per heavy atom. The number of rotatable bonds is 5. The highest BCUT2D eigenvalue weighted by Gasteiger charge is 2.13. The Morgan fingerprint density at radius 1 is 0.960 bits per heavy atom. The summed E-state index contributed by atoms with van der Waals surface area (Å²) < 4.78 is 37.6. The van der Waals surface area contributed by atoms with E-state index in [1.54, 1.807) is 0 Å². The standard InChI is InChI=1S/C19H14F2O4/c1-4-18(22)24-16-7-5-12(9-14(16)20)13-6-8-17(15(21)10-13)25-19(23)11(2)3/h4-10H,1-2H2,3H3. The smallest absolute Gasteiger partial charge is 0.338 e. The molecule has 2 aromatic rings. The van der Waals surface area contributed by atoms with Crippen LogP contribution in [0.3, 0.4) is 0 Å². The first-order chi connectivity index (χ1) is 11.8. The first-order valence-electron chi connectivity index (χ1n) is 7.13. The number of ether oxygens (including phenoxy) is 2. The summed E-state index contributed by atoms with van der Waals surface area (Å²) in [6.07, 6.45) is 0.910. The fourth-order valence-corrected chi connectivity index (χ4v) is 1.86. The van der Waals surface area contributed by atoms with Crippen LogP contribution < -0.4 is 9.47 Å². The van der Waals surface area contributed by atoms with E-state index in [0.717, 1.165) is 18.2 Å². The van der Waals surface area contributed by atoms with Gasteiger partial charge in [0.1, 0.15) is 0 Å². The third-order valence-electron chi connectivity index (χ3n) is 3.13. The quantitative estimate of drug-likeness (QED) is 0.463. The average Bonchev–Trinajstić information content (AvgIpc) is 2.58. The van der Waals surface area contributed by atoms with Crippen LogP contribution in [0.2, 0.25) is 0 Å². The molecule has 0 atom stereocenters. The Bertz CT molecular complexity index is 872. The molecule has 0 aromatic heterocycles. The molecule has 0 heterocycles. The van der Waals surface area contributed by atoms with Crippen molar-refractivity contribution < 1.29 is 27.8 Å². The molecule has 2 aromatic carbocycles. The molecule has 0 aliphatic heterocycles. The highest BCUT2D eigenvalue weighted by molar-refractivity contribution is 5.89. The summed E-state index contributed by atoms with van der Waals surface area (Å²) in [5.74, 6) is -3.62. The summed E-state index contributed by atoms with van der Waals surface area (Å²) in [4.78, 5) is 22.5. The van der Waals surface area contributed by atoms with Gasteiger partial charge in [0.25, 0.3) is 0 Å². The van der Waals surface area contributed by atoms with Gasteiger partial charge in [0.05, 0.1) is 0 Å². The van der Waals surface area contributed by atoms with Crippen molar-refractivity contribution in [1.29, 1.82) is 0 Å². The van der Waals surface area contributed by atoms with Gasteiger partial charge in [0.2, 0.25) is 0 Å². The molecule has 0 fully saturated rings. The van der Waals surface area contributed by atoms with E-state index < -0.39 is 23.6 Å². The summed E-state index contributed by atoms with van der Waals surface area (Å²) in [7, 11) is 0. The number of carbonyl (C=O) groups is 2. The molecule has 0 saturated heterocycles. The number of halogens is 2. The average molecular weight is 344 g/mol. The first kappa shape index (κ1) is 18.1. The van der Waals surface area contributed by atoms with Gasteiger partial charge in [-0.25, -0.2) is 18.4 Å². The van der Waals surface area contributed by atoms with Gasteiger partial charge in [-0.1, -0.05) is 25.3 Å². The molecule has 2 rings (SSSR count). The molecule has 0 radical (unpaired) electrons. The molecule has 0 unspecified atom stereocenters. The lowest BCUT2D eigenvalue weighted by Crippen LogP contribution is -2.09. The van der Waals surface area contributed by atoms with E-state index in [1.165, 1.54) is 31.2 Å². The molecule has 0 aliphatic rings. The van der Waals surface area contributed by atoms with Crippen LogP contribution in [0.1, 0.15) is 6.92 Å². The zero-order chi connectivity index (χ0) is 18.6. The second kappa shape index (κ2) is 7.53. The summed E-state index contributed by atoms with van der Waals surface area (Å²) in [6, 6.07) is 7.64. The minimum Gasteiger partial charge on any atom is -0.420 e. The van der Waals surface area contributed by atoms with E-state index in [9.17, 15) is 18.4 Å². The number of hydrogen-bond donors (Lipinski definition) is 0. The van der Waals surface area contributed by atoms with Gasteiger partial charge in [-0.05, 0) is 42.3 Å². The molecule has 25 heavy (non-hydrogen) atoms. The van der Waals surface area contributed by atoms with Crippen molar-refractivity contribution in [2.45, 2.75) is 6.92 Å². The van der Waals surface area contributed by atoms with Crippen molar-refractivity contribution in [3.8, 4) is 22.6 Å². The lowest BCUT2D eigenvalue weighted by atomic mass is 10.0. The van der Waals surface area contributed by atoms with Crippen molar-refractivity contribution >= 4 is 11.9 Å². The maximum atomic E-state index is 14.1. The summed E-state index contributed by atoms with van der Waals surface area (Å²) >= 11 is 0. The second-order valence-corrected chi connectivity index (χ2v) is 5.09. The van der Waals surface area contributed by atoms with Gasteiger partial charge in [-0.2, -0.15) is 0 Å². The summed E-state index contributed by atoms with van der Waals surface area (Å²) in [6.45, 7) is 8.07. The van der Waals surface area contributed by atoms with Crippen LogP contribution in [0.25, 0.3) is 11.1 Å². The molecule has 0 amide bonds. The Labute approximate surface area is 143 Å². The molecule has 6 heteroatoms. The Kier molecular flexibility index (Phi) is 5.44. The molecule has 0 aliphatic carbocycles. The van der Waals surface area contributed by atoms with Gasteiger partial charge < -0.3 is 9.47 Å². The van der Waals surface area contributed by atoms with Crippen LogP contribution in [0, 0.1) is 11.6 Å². The van der Waals surface area contributed by atoms with Crippen molar-refractivity contribution in [3.63, 3.8) is 0 Å². The SMILES string of the molecule is C=CC(=O)Oc1ccc(-c2ccc(OC(=O)C(=C)C)c(F)c2)cc1F. The van der Waals surface area contributed by atoms with Crippen LogP contribution in [0.5, 0.6) is 11.5 Å². The molecule has 128 valence electrons. The van der Waals surface area contributed by atoms with Crippen molar-refractivity contribution in [2.24, 2.45) is 0 Å². The predicted molar refractivity (Wildman–Crippen MR) is 88.1 cm³/mol. The van der Waals surface area contributed by atoms with Gasteiger partial charge in [-0.15, -0.1) is 0 Å². The van der Waals surface area contributed by atoms with Crippen LogP contribution in [0.15, 0.2) is 61.2 Å². The number of hydrogen-bond acceptors (Lipinski definition) is 4. The minimum atomic E-state index is -0.790. The van der Waals surface area contributed by atoms with Crippen LogP contribution >= 0.6 is 0 Å². The maximum Gasteiger partial charge on any atom is 0.338 e. The summed E-state index contributed by atoms with van der Waals surface area (Å²) in [5, 5.41) is 0. The number of esters is 2. The predicted octanol–water partition coefficient (Wildman–Crippen LogP) is 4.20. The van der Waals surface area contributed by atoms with Crippen molar-refractivity contribution in [2.75, 3.05) is 0 Å². The second-order valence-electron chi connectivity index (χ2n) is 5.09. The van der Waals surface area contributed by atoms with Crippen LogP contribution in [0.4, 0.5) is 8.78 Å². The Morgan fingerprint density at radius 3 is 1.84 bits per heavy atom. The van der Waals surface area contributed by atoms with Crippen molar-refractivity contribution in [3.05, 3.63) is 72.8 Å². The largest absolute Gasteiger partial charge is 0.420 e. The van der Waals surface area contributed by atoms with E-state index in [-0.39, 0.29) is 17.1 Å². The summed E-state index contributed by atoms with van der Waals surface area (Å²) in [5.41, 5.74) is 0.843. The lowest BCUT2D eigenvalue weighted by Gasteiger charge is -2.09. The van der Waals surface area contributed by atoms with E-state index in [4.69, 9.17) is 9.47 Å². The maximum absolute atomic E-state index is 14.1. The Hall–Kier alpha value is -3.28. The van der Waals surface area contributed by atoms with Crippen LogP contribution in [-0.4, -0.2) is 11.9 Å². The Balaban J connectivity index is 2.27. The van der Waals surface area contributed by atoms with Gasteiger partial charge in [-0.3, -0.25) is 0 Å². The zero-order valence-corrected chi connectivity index (χ0v) is 13.3. The molecule has 0 spiro atoms. The molecule has 0 bridgehead atoms. The van der Waals surface area contributed by atoms with E-state index >= 15 is 0 Å². The van der Waals surface area contributed by atoms with Crippen LogP contribution in [-0.2, 0) is 9.59 Å². The normalized spacial score (nSPS) is 10.0. The number of benzene rings is 2. The zero-order valence-electron chi connectivity index (χ0n) is 13.3. The molecular weight excluding hydrogens is 330 g/mol. The molecule has 0 saturated carbocycles. The molecule has 0 N–H and O–H groups in total. The fraction of sp³-hybridized carbons (Fsp3) is 0.0526. The lowest BCUT2D eigenvalue weighted by molar-refractivity contribution is -0.130. The third kappa shape index (κ3) is 4.38. The minimum absolute atomic E-state index is 0.134. The fourth-order valence-electron chi connectivity index (χ4n) is 1.86. The van der Waals surface area contributed by atoms with E-state index in [2.05, 4.69) is 13.2 Å². The van der Waals surface area contributed by atoms with Crippen molar-refractivity contribution in [1.82, 2.24) is 0 Å². The molecule has 4 nitrogen and oxygen atoms in total. The highest BCUT2D eigenvalue weighted by Crippen LogP contribution is 2.29. The first-order valence-corrected chi connectivity index (χ1v) is 7.13. The number of carbonyl (C=O) groups excluding carboxylic acids is 2. The van der Waals surface area contributed by atoms with E-state index in [0.29, 0.717) is 11.1 Å². The van der Waals surface area contributed by atoms with Gasteiger partial charge in [0, 0.05) is 11.6 Å². The topological polar surface area (TPSA) is 52.6 Å².